The number of imidazole rings is 1. The molecule has 0 radical (unpaired) electrons. The van der Waals surface area contributed by atoms with Crippen LogP contribution in [0.1, 0.15) is 49.1 Å². The predicted octanol–water partition coefficient (Wildman–Crippen LogP) is 2.01. The molecule has 0 spiro atoms. The van der Waals surface area contributed by atoms with Crippen molar-refractivity contribution in [3.63, 3.8) is 0 Å². The van der Waals surface area contributed by atoms with Gasteiger partial charge in [-0.25, -0.2) is 9.78 Å². The molecule has 2 aromatic rings. The van der Waals surface area contributed by atoms with Gasteiger partial charge in [0.15, 0.2) is 0 Å². The van der Waals surface area contributed by atoms with Gasteiger partial charge < -0.3 is 20.8 Å². The summed E-state index contributed by atoms with van der Waals surface area (Å²) in [6.07, 6.45) is 3.47. The zero-order valence-electron chi connectivity index (χ0n) is 16.3. The number of ether oxygens (including phenoxy) is 1. The van der Waals surface area contributed by atoms with Gasteiger partial charge in [-0.1, -0.05) is 39.0 Å². The molecule has 1 aromatic heterocycles. The normalized spacial score (nSPS) is 13.3. The van der Waals surface area contributed by atoms with Crippen molar-refractivity contribution in [3.05, 3.63) is 53.1 Å². The second-order valence-corrected chi connectivity index (χ2v) is 6.96. The summed E-state index contributed by atoms with van der Waals surface area (Å²) in [6, 6.07) is 5.24. The van der Waals surface area contributed by atoms with Crippen molar-refractivity contribution in [1.29, 1.82) is 0 Å². The van der Waals surface area contributed by atoms with Crippen LogP contribution in [0.25, 0.3) is 0 Å². The van der Waals surface area contributed by atoms with Crippen LogP contribution in [-0.4, -0.2) is 34.4 Å². The molecule has 0 fully saturated rings. The van der Waals surface area contributed by atoms with Crippen LogP contribution in [0.2, 0.25) is 0 Å². The van der Waals surface area contributed by atoms with Crippen LogP contribution in [0.3, 0.4) is 0 Å². The number of amides is 1. The van der Waals surface area contributed by atoms with Gasteiger partial charge in [-0.3, -0.25) is 4.79 Å². The molecular weight excluding hydrogens is 344 g/mol. The summed E-state index contributed by atoms with van der Waals surface area (Å²) in [5, 5.41) is 2.62. The Morgan fingerprint density at radius 1 is 1.30 bits per heavy atom. The summed E-state index contributed by atoms with van der Waals surface area (Å²) in [7, 11) is 0. The predicted molar refractivity (Wildman–Crippen MR) is 103 cm³/mol. The van der Waals surface area contributed by atoms with Crippen molar-refractivity contribution in [1.82, 2.24) is 15.3 Å². The Hall–Kier alpha value is -2.67. The van der Waals surface area contributed by atoms with E-state index in [2.05, 4.69) is 28.3 Å². The number of rotatable bonds is 8. The van der Waals surface area contributed by atoms with Crippen LogP contribution in [0.5, 0.6) is 0 Å². The Kier molecular flexibility index (Phi) is 7.12. The van der Waals surface area contributed by atoms with Crippen LogP contribution < -0.4 is 11.1 Å². The van der Waals surface area contributed by atoms with Crippen LogP contribution in [0, 0.1) is 12.8 Å². The summed E-state index contributed by atoms with van der Waals surface area (Å²) in [6.45, 7) is 7.80. The summed E-state index contributed by atoms with van der Waals surface area (Å²) in [5.74, 6) is -0.785. The molecule has 2 rings (SSSR count). The van der Waals surface area contributed by atoms with Crippen LogP contribution >= 0.6 is 0 Å². The van der Waals surface area contributed by atoms with Crippen LogP contribution in [0.15, 0.2) is 30.7 Å². The Bertz CT molecular complexity index is 772. The first-order valence-electron chi connectivity index (χ1n) is 9.07. The molecule has 1 aromatic carbocycles. The van der Waals surface area contributed by atoms with Gasteiger partial charge in [0, 0.05) is 17.8 Å². The van der Waals surface area contributed by atoms with Crippen molar-refractivity contribution in [2.24, 2.45) is 11.7 Å². The highest BCUT2D eigenvalue weighted by atomic mass is 16.5. The van der Waals surface area contributed by atoms with Gasteiger partial charge in [0.2, 0.25) is 5.91 Å². The summed E-state index contributed by atoms with van der Waals surface area (Å²) < 4.78 is 5.49. The Labute approximate surface area is 159 Å². The molecule has 1 heterocycles. The van der Waals surface area contributed by atoms with E-state index in [0.29, 0.717) is 0 Å². The average Bonchev–Trinajstić information content (AvgIpc) is 3.18. The van der Waals surface area contributed by atoms with Gasteiger partial charge in [0.25, 0.3) is 0 Å². The number of benzene rings is 1. The van der Waals surface area contributed by atoms with E-state index in [0.717, 1.165) is 22.4 Å². The molecule has 0 saturated carbocycles. The molecule has 4 N–H and O–H groups in total. The number of nitrogens with zero attached hydrogens (tertiary/aromatic N) is 1. The molecule has 1 amide bonds. The maximum atomic E-state index is 12.4. The van der Waals surface area contributed by atoms with Gasteiger partial charge in [-0.05, 0) is 29.5 Å². The van der Waals surface area contributed by atoms with E-state index in [-0.39, 0.29) is 30.9 Å². The summed E-state index contributed by atoms with van der Waals surface area (Å²) >= 11 is 0. The van der Waals surface area contributed by atoms with E-state index in [1.54, 1.807) is 6.33 Å². The number of hydrogen-bond acceptors (Lipinski definition) is 5. The molecule has 146 valence electrons. The lowest BCUT2D eigenvalue weighted by Crippen LogP contribution is -2.47. The molecular formula is C20H28N4O3. The zero-order chi connectivity index (χ0) is 20.0. The minimum Gasteiger partial charge on any atom is -0.459 e. The zero-order valence-corrected chi connectivity index (χ0v) is 16.3. The lowest BCUT2D eigenvalue weighted by Gasteiger charge is -2.21. The molecule has 7 nitrogen and oxygen atoms in total. The summed E-state index contributed by atoms with van der Waals surface area (Å²) in [5.41, 5.74) is 9.49. The van der Waals surface area contributed by atoms with Gasteiger partial charge in [0.1, 0.15) is 12.6 Å². The number of nitrogens with one attached hydrogen (secondary N) is 2. The van der Waals surface area contributed by atoms with E-state index >= 15 is 0 Å². The monoisotopic (exact) mass is 372 g/mol. The van der Waals surface area contributed by atoms with E-state index in [1.807, 2.05) is 39.1 Å². The standard InChI is InChI=1S/C20H28N4O3/c1-12(2)19(24-18(25)8-21)20(26)27-10-15-6-5-7-16(13(15)3)14(4)17-9-22-11-23-17/h5-7,9,11-12,14,19H,8,10,21H2,1-4H3,(H,22,23)(H,24,25). The highest BCUT2D eigenvalue weighted by Gasteiger charge is 2.25. The number of hydrogen-bond donors (Lipinski definition) is 3. The molecule has 0 aliphatic rings. The van der Waals surface area contributed by atoms with Gasteiger partial charge >= 0.3 is 5.97 Å². The van der Waals surface area contributed by atoms with E-state index in [9.17, 15) is 9.59 Å². The largest absolute Gasteiger partial charge is 0.459 e. The SMILES string of the molecule is Cc1c(COC(=O)C(NC(=O)CN)C(C)C)cccc1C(C)c1cnc[nH]1. The average molecular weight is 372 g/mol. The van der Waals surface area contributed by atoms with Crippen LogP contribution in [-0.2, 0) is 20.9 Å². The Balaban J connectivity index is 2.10. The van der Waals surface area contributed by atoms with Gasteiger partial charge in [-0.2, -0.15) is 0 Å². The van der Waals surface area contributed by atoms with Crippen molar-refractivity contribution < 1.29 is 14.3 Å². The second kappa shape index (κ2) is 9.32. The van der Waals surface area contributed by atoms with E-state index in [1.165, 1.54) is 0 Å². The highest BCUT2D eigenvalue weighted by Crippen LogP contribution is 2.27. The Morgan fingerprint density at radius 3 is 2.63 bits per heavy atom. The maximum Gasteiger partial charge on any atom is 0.329 e. The molecule has 2 atom stereocenters. The molecule has 2 unspecified atom stereocenters. The number of carbonyl (C=O) groups excluding carboxylic acids is 2. The van der Waals surface area contributed by atoms with Gasteiger partial charge in [0.05, 0.1) is 12.9 Å². The van der Waals surface area contributed by atoms with E-state index < -0.39 is 12.0 Å². The topological polar surface area (TPSA) is 110 Å². The number of aromatic nitrogens is 2. The first-order valence-corrected chi connectivity index (χ1v) is 9.07. The lowest BCUT2D eigenvalue weighted by molar-refractivity contribution is -0.150. The number of H-pyrrole nitrogens is 1. The third-order valence-corrected chi connectivity index (χ3v) is 4.73. The first-order chi connectivity index (χ1) is 12.8. The fourth-order valence-corrected chi connectivity index (χ4v) is 2.97. The number of esters is 1. The fourth-order valence-electron chi connectivity index (χ4n) is 2.97. The molecule has 27 heavy (non-hydrogen) atoms. The smallest absolute Gasteiger partial charge is 0.329 e. The molecule has 7 heteroatoms. The molecule has 0 saturated heterocycles. The van der Waals surface area contributed by atoms with Crippen molar-refractivity contribution in [2.45, 2.75) is 46.3 Å². The molecule has 0 aliphatic heterocycles. The Morgan fingerprint density at radius 2 is 2.04 bits per heavy atom. The maximum absolute atomic E-state index is 12.4. The third kappa shape index (κ3) is 5.17. The quantitative estimate of drug-likeness (QED) is 0.614. The highest BCUT2D eigenvalue weighted by molar-refractivity contribution is 5.85. The van der Waals surface area contributed by atoms with E-state index in [4.69, 9.17) is 10.5 Å². The van der Waals surface area contributed by atoms with Crippen molar-refractivity contribution >= 4 is 11.9 Å². The van der Waals surface area contributed by atoms with Crippen molar-refractivity contribution in [3.8, 4) is 0 Å². The van der Waals surface area contributed by atoms with Crippen molar-refractivity contribution in [2.75, 3.05) is 6.54 Å². The molecule has 0 bridgehead atoms. The molecule has 0 aliphatic carbocycles. The minimum atomic E-state index is -0.714. The fraction of sp³-hybridized carbons (Fsp3) is 0.450. The van der Waals surface area contributed by atoms with Crippen LogP contribution in [0.4, 0.5) is 0 Å². The summed E-state index contributed by atoms with van der Waals surface area (Å²) in [4.78, 5) is 31.2. The lowest BCUT2D eigenvalue weighted by atomic mass is 9.91. The minimum absolute atomic E-state index is 0.0965. The number of carbonyl (C=O) groups is 2. The van der Waals surface area contributed by atoms with Gasteiger partial charge in [-0.15, -0.1) is 0 Å². The second-order valence-electron chi connectivity index (χ2n) is 6.96. The third-order valence-electron chi connectivity index (χ3n) is 4.73. The number of nitrogens with two attached hydrogens (primary N) is 1. The first kappa shape index (κ1) is 20.6. The number of aromatic amines is 1.